The number of hydrogen-bond acceptors (Lipinski definition) is 6. The number of hydrogen-bond donors (Lipinski definition) is 2. The van der Waals surface area contributed by atoms with Gasteiger partial charge in [0.15, 0.2) is 5.82 Å². The maximum absolute atomic E-state index is 12.2. The monoisotopic (exact) mass is 338 g/mol. The van der Waals surface area contributed by atoms with Crippen molar-refractivity contribution in [3.8, 4) is 0 Å². The topological polar surface area (TPSA) is 100 Å². The molecule has 2 heterocycles. The smallest absolute Gasteiger partial charge is 0.351 e. The molecule has 1 aromatic heterocycles. The lowest BCUT2D eigenvalue weighted by atomic mass is 10.2. The zero-order valence-corrected chi connectivity index (χ0v) is 14.5. The SMILES string of the molecule is CC(C)N(C=Nc1ccn(C2CC(O)C(CO)O2)c(=O)n1)C(C)C. The predicted molar refractivity (Wildman–Crippen MR) is 90.4 cm³/mol. The predicted octanol–water partition coefficient (Wildman–Crippen LogP) is 0.663. The molecule has 2 rings (SSSR count). The van der Waals surface area contributed by atoms with Crippen LogP contribution in [0.2, 0.25) is 0 Å². The van der Waals surface area contributed by atoms with E-state index in [2.05, 4.69) is 42.6 Å². The highest BCUT2D eigenvalue weighted by Gasteiger charge is 2.34. The first-order valence-corrected chi connectivity index (χ1v) is 8.18. The summed E-state index contributed by atoms with van der Waals surface area (Å²) < 4.78 is 6.77. The Labute approximate surface area is 141 Å². The first-order chi connectivity index (χ1) is 11.3. The van der Waals surface area contributed by atoms with E-state index in [9.17, 15) is 9.90 Å². The van der Waals surface area contributed by atoms with Crippen LogP contribution in [0.25, 0.3) is 0 Å². The van der Waals surface area contributed by atoms with E-state index in [4.69, 9.17) is 9.84 Å². The van der Waals surface area contributed by atoms with E-state index < -0.39 is 24.1 Å². The Kier molecular flexibility index (Phi) is 6.09. The van der Waals surface area contributed by atoms with Gasteiger partial charge in [0.05, 0.1) is 19.0 Å². The maximum Gasteiger partial charge on any atom is 0.351 e. The van der Waals surface area contributed by atoms with Crippen LogP contribution in [0, 0.1) is 0 Å². The molecule has 0 aromatic carbocycles. The minimum absolute atomic E-state index is 0.240. The summed E-state index contributed by atoms with van der Waals surface area (Å²) in [6.07, 6.45) is 1.38. The van der Waals surface area contributed by atoms with Crippen LogP contribution < -0.4 is 5.69 Å². The molecule has 1 aliphatic rings. The minimum atomic E-state index is -0.796. The normalized spacial score (nSPS) is 24.4. The first kappa shape index (κ1) is 18.6. The molecule has 24 heavy (non-hydrogen) atoms. The molecule has 2 N–H and O–H groups in total. The van der Waals surface area contributed by atoms with Gasteiger partial charge in [0.1, 0.15) is 12.3 Å². The summed E-state index contributed by atoms with van der Waals surface area (Å²) in [6.45, 7) is 7.98. The van der Waals surface area contributed by atoms with Crippen LogP contribution in [-0.2, 0) is 4.74 Å². The Morgan fingerprint density at radius 3 is 2.62 bits per heavy atom. The highest BCUT2D eigenvalue weighted by molar-refractivity contribution is 5.60. The Morgan fingerprint density at radius 2 is 2.12 bits per heavy atom. The van der Waals surface area contributed by atoms with Crippen LogP contribution in [0.3, 0.4) is 0 Å². The van der Waals surface area contributed by atoms with Crippen molar-refractivity contribution in [3.63, 3.8) is 0 Å². The highest BCUT2D eigenvalue weighted by Crippen LogP contribution is 2.27. The third kappa shape index (κ3) is 4.19. The van der Waals surface area contributed by atoms with Crippen LogP contribution in [0.15, 0.2) is 22.1 Å². The molecular weight excluding hydrogens is 312 g/mol. The minimum Gasteiger partial charge on any atom is -0.394 e. The molecule has 0 saturated carbocycles. The lowest BCUT2D eigenvalue weighted by Crippen LogP contribution is -2.35. The largest absolute Gasteiger partial charge is 0.394 e. The van der Waals surface area contributed by atoms with Crippen molar-refractivity contribution < 1.29 is 14.9 Å². The first-order valence-electron chi connectivity index (χ1n) is 8.18. The molecule has 134 valence electrons. The average Bonchev–Trinajstić information content (AvgIpc) is 2.87. The number of aliphatic imine (C=N–C) groups is 1. The number of aliphatic hydroxyl groups is 2. The third-order valence-corrected chi connectivity index (χ3v) is 4.03. The van der Waals surface area contributed by atoms with Crippen molar-refractivity contribution in [2.45, 2.75) is 64.6 Å². The van der Waals surface area contributed by atoms with Gasteiger partial charge in [0.25, 0.3) is 0 Å². The summed E-state index contributed by atoms with van der Waals surface area (Å²) in [4.78, 5) is 22.5. The summed E-state index contributed by atoms with van der Waals surface area (Å²) in [5.74, 6) is 0.319. The molecule has 0 aliphatic carbocycles. The molecule has 0 radical (unpaired) electrons. The summed E-state index contributed by atoms with van der Waals surface area (Å²) in [5, 5.41) is 18.9. The number of aliphatic hydroxyl groups excluding tert-OH is 2. The summed E-state index contributed by atoms with van der Waals surface area (Å²) in [7, 11) is 0. The molecule has 3 unspecified atom stereocenters. The molecule has 1 fully saturated rings. The molecule has 1 aromatic rings. The van der Waals surface area contributed by atoms with E-state index in [0.717, 1.165) is 0 Å². The Hall–Kier alpha value is -1.77. The molecular formula is C16H26N4O4. The summed E-state index contributed by atoms with van der Waals surface area (Å²) >= 11 is 0. The molecule has 1 saturated heterocycles. The third-order valence-electron chi connectivity index (χ3n) is 4.03. The van der Waals surface area contributed by atoms with Gasteiger partial charge >= 0.3 is 5.69 Å². The molecule has 3 atom stereocenters. The van der Waals surface area contributed by atoms with Crippen molar-refractivity contribution in [1.82, 2.24) is 14.5 Å². The van der Waals surface area contributed by atoms with Gasteiger partial charge in [-0.2, -0.15) is 4.98 Å². The van der Waals surface area contributed by atoms with E-state index in [-0.39, 0.29) is 25.1 Å². The Balaban J connectivity index is 2.14. The number of rotatable bonds is 6. The van der Waals surface area contributed by atoms with Gasteiger partial charge < -0.3 is 19.8 Å². The molecule has 0 amide bonds. The van der Waals surface area contributed by atoms with Crippen molar-refractivity contribution in [3.05, 3.63) is 22.7 Å². The van der Waals surface area contributed by atoms with Crippen LogP contribution in [0.1, 0.15) is 40.3 Å². The standard InChI is InChI=1S/C16H26N4O4/c1-10(2)20(11(3)4)9-17-14-5-6-19(16(23)18-14)15-7-12(22)13(8-21)24-15/h5-6,9-13,15,21-22H,7-8H2,1-4H3. The van der Waals surface area contributed by atoms with Crippen LogP contribution in [0.4, 0.5) is 5.82 Å². The van der Waals surface area contributed by atoms with Gasteiger partial charge in [-0.1, -0.05) is 0 Å². The zero-order valence-electron chi connectivity index (χ0n) is 14.5. The molecule has 8 heteroatoms. The lowest BCUT2D eigenvalue weighted by Gasteiger charge is -2.27. The van der Waals surface area contributed by atoms with E-state index >= 15 is 0 Å². The molecule has 0 bridgehead atoms. The van der Waals surface area contributed by atoms with E-state index in [1.807, 2.05) is 0 Å². The van der Waals surface area contributed by atoms with Crippen molar-refractivity contribution in [2.24, 2.45) is 4.99 Å². The summed E-state index contributed by atoms with van der Waals surface area (Å²) in [6, 6.07) is 2.20. The van der Waals surface area contributed by atoms with Crippen LogP contribution in [0.5, 0.6) is 0 Å². The van der Waals surface area contributed by atoms with Gasteiger partial charge in [-0.15, -0.1) is 0 Å². The van der Waals surface area contributed by atoms with Gasteiger partial charge in [-0.05, 0) is 33.8 Å². The average molecular weight is 338 g/mol. The van der Waals surface area contributed by atoms with E-state index in [1.54, 1.807) is 18.6 Å². The Bertz CT molecular complexity index is 621. The number of nitrogens with zero attached hydrogens (tertiary/aromatic N) is 4. The fraction of sp³-hybridized carbons (Fsp3) is 0.688. The maximum atomic E-state index is 12.2. The van der Waals surface area contributed by atoms with Gasteiger partial charge in [0, 0.05) is 24.7 Å². The fourth-order valence-electron chi connectivity index (χ4n) is 2.73. The second-order valence-corrected chi connectivity index (χ2v) is 6.47. The number of aromatic nitrogens is 2. The quantitative estimate of drug-likeness (QED) is 0.584. The molecule has 0 spiro atoms. The van der Waals surface area contributed by atoms with Crippen molar-refractivity contribution in [2.75, 3.05) is 6.61 Å². The second-order valence-electron chi connectivity index (χ2n) is 6.47. The van der Waals surface area contributed by atoms with Gasteiger partial charge in [0.2, 0.25) is 0 Å². The van der Waals surface area contributed by atoms with Crippen LogP contribution in [-0.4, -0.2) is 61.9 Å². The molecule has 1 aliphatic heterocycles. The lowest BCUT2D eigenvalue weighted by molar-refractivity contribution is -0.0458. The van der Waals surface area contributed by atoms with Gasteiger partial charge in [-0.3, -0.25) is 4.57 Å². The second kappa shape index (κ2) is 7.87. The zero-order chi connectivity index (χ0) is 17.9. The van der Waals surface area contributed by atoms with E-state index in [0.29, 0.717) is 5.82 Å². The van der Waals surface area contributed by atoms with Gasteiger partial charge in [-0.25, -0.2) is 9.79 Å². The number of ether oxygens (including phenoxy) is 1. The summed E-state index contributed by atoms with van der Waals surface area (Å²) in [5.41, 5.74) is -0.499. The highest BCUT2D eigenvalue weighted by atomic mass is 16.5. The van der Waals surface area contributed by atoms with Crippen molar-refractivity contribution in [1.29, 1.82) is 0 Å². The van der Waals surface area contributed by atoms with Crippen molar-refractivity contribution >= 4 is 12.2 Å². The van der Waals surface area contributed by atoms with Crippen LogP contribution >= 0.6 is 0 Å². The van der Waals surface area contributed by atoms with E-state index in [1.165, 1.54) is 4.57 Å². The fourth-order valence-corrected chi connectivity index (χ4v) is 2.73. The molecule has 8 nitrogen and oxygen atoms in total. The Morgan fingerprint density at radius 1 is 1.46 bits per heavy atom.